The van der Waals surface area contributed by atoms with E-state index in [-0.39, 0.29) is 25.4 Å². The molecule has 0 aromatic heterocycles. The third-order valence-corrected chi connectivity index (χ3v) is 4.37. The third kappa shape index (κ3) is 3.81. The predicted molar refractivity (Wildman–Crippen MR) is 92.4 cm³/mol. The number of carbonyl (C=O) groups excluding carboxylic acids is 3. The molecule has 1 atom stereocenters. The van der Waals surface area contributed by atoms with Gasteiger partial charge in [-0.1, -0.05) is 0 Å². The second kappa shape index (κ2) is 8.69. The van der Waals surface area contributed by atoms with Gasteiger partial charge in [-0.3, -0.25) is 14.4 Å². The van der Waals surface area contributed by atoms with E-state index in [1.165, 1.54) is 14.2 Å². The maximum atomic E-state index is 12.7. The molecule has 7 nitrogen and oxygen atoms in total. The average Bonchev–Trinajstić information content (AvgIpc) is 2.63. The number of esters is 2. The van der Waals surface area contributed by atoms with E-state index in [1.54, 1.807) is 26.0 Å². The van der Waals surface area contributed by atoms with Crippen LogP contribution in [0.4, 0.5) is 0 Å². The summed E-state index contributed by atoms with van der Waals surface area (Å²) in [5, 5.41) is 0. The molecule has 7 heteroatoms. The van der Waals surface area contributed by atoms with Crippen molar-refractivity contribution < 1.29 is 33.3 Å². The van der Waals surface area contributed by atoms with E-state index < -0.39 is 23.8 Å². The number of benzene rings is 1. The van der Waals surface area contributed by atoms with Crippen LogP contribution in [-0.4, -0.2) is 45.2 Å². The second-order valence-corrected chi connectivity index (χ2v) is 5.83. The van der Waals surface area contributed by atoms with Gasteiger partial charge in [-0.15, -0.1) is 0 Å². The molecule has 1 aliphatic carbocycles. The Morgan fingerprint density at radius 3 is 2.15 bits per heavy atom. The molecule has 0 saturated heterocycles. The van der Waals surface area contributed by atoms with Gasteiger partial charge in [0, 0.05) is 18.1 Å². The lowest BCUT2D eigenvalue weighted by atomic mass is 9.74. The van der Waals surface area contributed by atoms with Crippen LogP contribution in [0.25, 0.3) is 0 Å². The van der Waals surface area contributed by atoms with Crippen LogP contribution in [0, 0.1) is 5.92 Å². The summed E-state index contributed by atoms with van der Waals surface area (Å²) in [6.45, 7) is 3.48. The van der Waals surface area contributed by atoms with Gasteiger partial charge in [-0.05, 0) is 31.9 Å². The lowest BCUT2D eigenvalue weighted by Gasteiger charge is -2.30. The smallest absolute Gasteiger partial charge is 0.321 e. The minimum atomic E-state index is -1.36. The molecule has 1 aliphatic rings. The van der Waals surface area contributed by atoms with E-state index in [2.05, 4.69) is 0 Å². The molecule has 0 saturated carbocycles. The van der Waals surface area contributed by atoms with Crippen LogP contribution in [0.3, 0.4) is 0 Å². The molecular formula is C19H24O7. The summed E-state index contributed by atoms with van der Waals surface area (Å²) >= 11 is 0. The molecule has 1 aromatic rings. The standard InChI is InChI=1S/C19H24O7/c1-5-25-18(21)17(19(22)26-6-2)16-13(20)8-7-11-9-12(23-3)10-14(24-4)15(11)16/h9-10,16-17H,5-8H2,1-4H3/t16-/m0/s1. The van der Waals surface area contributed by atoms with Crippen molar-refractivity contribution in [2.45, 2.75) is 32.6 Å². The third-order valence-electron chi connectivity index (χ3n) is 4.37. The number of fused-ring (bicyclic) bond motifs is 1. The number of carbonyl (C=O) groups is 3. The molecule has 0 spiro atoms. The monoisotopic (exact) mass is 364 g/mol. The highest BCUT2D eigenvalue weighted by atomic mass is 16.6. The predicted octanol–water partition coefficient (Wildman–Crippen LogP) is 2.05. The highest BCUT2D eigenvalue weighted by Crippen LogP contribution is 2.43. The zero-order chi connectivity index (χ0) is 19.3. The van der Waals surface area contributed by atoms with Gasteiger partial charge in [-0.25, -0.2) is 0 Å². The van der Waals surface area contributed by atoms with Crippen molar-refractivity contribution in [2.75, 3.05) is 27.4 Å². The first-order valence-corrected chi connectivity index (χ1v) is 8.59. The van der Waals surface area contributed by atoms with Crippen LogP contribution in [0.1, 0.15) is 37.3 Å². The van der Waals surface area contributed by atoms with Crippen LogP contribution in [0.15, 0.2) is 12.1 Å². The van der Waals surface area contributed by atoms with Gasteiger partial charge in [0.1, 0.15) is 17.3 Å². The Morgan fingerprint density at radius 1 is 1.04 bits per heavy atom. The molecule has 142 valence electrons. The van der Waals surface area contributed by atoms with Crippen molar-refractivity contribution in [1.82, 2.24) is 0 Å². The molecule has 0 N–H and O–H groups in total. The lowest BCUT2D eigenvalue weighted by molar-refractivity contribution is -0.164. The van der Waals surface area contributed by atoms with Crippen molar-refractivity contribution in [3.05, 3.63) is 23.3 Å². The largest absolute Gasteiger partial charge is 0.497 e. The Bertz CT molecular complexity index is 660. The van der Waals surface area contributed by atoms with Crippen molar-refractivity contribution in [3.8, 4) is 11.5 Å². The van der Waals surface area contributed by atoms with E-state index in [1.807, 2.05) is 0 Å². The Hall–Kier alpha value is -2.57. The molecule has 0 radical (unpaired) electrons. The second-order valence-electron chi connectivity index (χ2n) is 5.83. The summed E-state index contributed by atoms with van der Waals surface area (Å²) in [5.41, 5.74) is 1.33. The van der Waals surface area contributed by atoms with Gasteiger partial charge in [0.15, 0.2) is 5.92 Å². The summed E-state index contributed by atoms with van der Waals surface area (Å²) in [6, 6.07) is 3.43. The molecule has 0 fully saturated rings. The van der Waals surface area contributed by atoms with E-state index in [9.17, 15) is 14.4 Å². The number of rotatable bonds is 7. The first-order chi connectivity index (χ1) is 12.5. The SMILES string of the molecule is CCOC(=O)C(C(=O)OCC)[C@H]1C(=O)CCc2cc(OC)cc(OC)c21. The fourth-order valence-electron chi connectivity index (χ4n) is 3.26. The average molecular weight is 364 g/mol. The zero-order valence-corrected chi connectivity index (χ0v) is 15.5. The van der Waals surface area contributed by atoms with Crippen molar-refractivity contribution >= 4 is 17.7 Å². The van der Waals surface area contributed by atoms with Gasteiger partial charge in [0.2, 0.25) is 0 Å². The summed E-state index contributed by atoms with van der Waals surface area (Å²) in [7, 11) is 3.00. The van der Waals surface area contributed by atoms with Gasteiger partial charge in [-0.2, -0.15) is 0 Å². The molecular weight excluding hydrogens is 340 g/mol. The minimum Gasteiger partial charge on any atom is -0.497 e. The molecule has 0 heterocycles. The van der Waals surface area contributed by atoms with Crippen LogP contribution in [0.2, 0.25) is 0 Å². The summed E-state index contributed by atoms with van der Waals surface area (Å²) < 4.78 is 20.8. The Kier molecular flexibility index (Phi) is 6.60. The summed E-state index contributed by atoms with van der Waals surface area (Å²) in [4.78, 5) is 37.7. The molecule has 0 unspecified atom stereocenters. The Labute approximate surface area is 152 Å². The Morgan fingerprint density at radius 2 is 1.65 bits per heavy atom. The number of methoxy groups -OCH3 is 2. The number of aryl methyl sites for hydroxylation is 1. The molecule has 26 heavy (non-hydrogen) atoms. The van der Waals surface area contributed by atoms with Crippen molar-refractivity contribution in [3.63, 3.8) is 0 Å². The number of Topliss-reactive ketones (excluding diaryl/α,β-unsaturated/α-hetero) is 1. The first kappa shape index (κ1) is 19.8. The first-order valence-electron chi connectivity index (χ1n) is 8.59. The lowest BCUT2D eigenvalue weighted by Crippen LogP contribution is -2.39. The maximum absolute atomic E-state index is 12.7. The van der Waals surface area contributed by atoms with Crippen molar-refractivity contribution in [1.29, 1.82) is 0 Å². The van der Waals surface area contributed by atoms with E-state index in [0.717, 1.165) is 5.56 Å². The van der Waals surface area contributed by atoms with Crippen molar-refractivity contribution in [2.24, 2.45) is 5.92 Å². The number of ketones is 1. The molecule has 0 amide bonds. The highest BCUT2D eigenvalue weighted by molar-refractivity contribution is 6.04. The zero-order valence-electron chi connectivity index (χ0n) is 15.5. The molecule has 0 aliphatic heterocycles. The van der Waals surface area contributed by atoms with Crippen LogP contribution < -0.4 is 9.47 Å². The van der Waals surface area contributed by atoms with Crippen LogP contribution in [-0.2, 0) is 30.3 Å². The molecule has 0 bridgehead atoms. The fourth-order valence-corrected chi connectivity index (χ4v) is 3.26. The Balaban J connectivity index is 2.60. The number of hydrogen-bond donors (Lipinski definition) is 0. The topological polar surface area (TPSA) is 88.1 Å². The van der Waals surface area contributed by atoms with Crippen LogP contribution >= 0.6 is 0 Å². The number of hydrogen-bond acceptors (Lipinski definition) is 7. The van der Waals surface area contributed by atoms with Crippen LogP contribution in [0.5, 0.6) is 11.5 Å². The van der Waals surface area contributed by atoms with Gasteiger partial charge in [0.25, 0.3) is 0 Å². The maximum Gasteiger partial charge on any atom is 0.321 e. The quantitative estimate of drug-likeness (QED) is 0.540. The summed E-state index contributed by atoms with van der Waals surface area (Å²) in [5.74, 6) is -3.13. The molecule has 1 aromatic carbocycles. The highest BCUT2D eigenvalue weighted by Gasteiger charge is 2.46. The number of ether oxygens (including phenoxy) is 4. The van der Waals surface area contributed by atoms with Gasteiger partial charge in [0.05, 0.1) is 33.4 Å². The normalized spacial score (nSPS) is 16.0. The minimum absolute atomic E-state index is 0.0995. The molecule has 2 rings (SSSR count). The summed E-state index contributed by atoms with van der Waals surface area (Å²) in [6.07, 6.45) is 0.694. The van der Waals surface area contributed by atoms with E-state index >= 15 is 0 Å². The van der Waals surface area contributed by atoms with E-state index in [0.29, 0.717) is 23.5 Å². The van der Waals surface area contributed by atoms with Gasteiger partial charge < -0.3 is 18.9 Å². The fraction of sp³-hybridized carbons (Fsp3) is 0.526. The van der Waals surface area contributed by atoms with Gasteiger partial charge >= 0.3 is 11.9 Å². The van der Waals surface area contributed by atoms with E-state index in [4.69, 9.17) is 18.9 Å².